The van der Waals surface area contributed by atoms with E-state index in [9.17, 15) is 18.0 Å². The normalized spacial score (nSPS) is 10.4. The second-order valence-electron chi connectivity index (χ2n) is 3.05. The molecule has 0 fully saturated rings. The zero-order valence-corrected chi connectivity index (χ0v) is 8.97. The summed E-state index contributed by atoms with van der Waals surface area (Å²) in [6.45, 7) is 1.91. The predicted molar refractivity (Wildman–Crippen MR) is 55.3 cm³/mol. The fraction of sp³-hybridized carbons (Fsp3) is 0.250. The lowest BCUT2D eigenvalue weighted by Gasteiger charge is -2.01. The maximum absolute atomic E-state index is 11.8. The molecule has 0 saturated carbocycles. The minimum absolute atomic E-state index is 0.190. The van der Waals surface area contributed by atoms with E-state index in [0.29, 0.717) is 0 Å². The van der Waals surface area contributed by atoms with Crippen LogP contribution in [0.4, 0.5) is 13.2 Å². The van der Waals surface area contributed by atoms with E-state index in [2.05, 4.69) is 0 Å². The van der Waals surface area contributed by atoms with Gasteiger partial charge < -0.3 is 4.74 Å². The van der Waals surface area contributed by atoms with Crippen LogP contribution in [0.25, 0.3) is 0 Å². The Kier molecular flexibility index (Phi) is 4.16. The lowest BCUT2D eigenvalue weighted by atomic mass is 10.1. The Morgan fingerprint density at radius 2 is 1.88 bits per heavy atom. The number of benzene rings is 1. The van der Waals surface area contributed by atoms with Crippen molar-refractivity contribution in [3.63, 3.8) is 0 Å². The van der Waals surface area contributed by atoms with Crippen LogP contribution in [0.2, 0.25) is 0 Å². The number of esters is 1. The fourth-order valence-corrected chi connectivity index (χ4v) is 1.05. The lowest BCUT2D eigenvalue weighted by Crippen LogP contribution is -2.04. The number of hydrogen-bond acceptors (Lipinski definition) is 2. The predicted octanol–water partition coefficient (Wildman–Crippen LogP) is 2.78. The van der Waals surface area contributed by atoms with Crippen molar-refractivity contribution >= 4 is 5.97 Å². The summed E-state index contributed by atoms with van der Waals surface area (Å²) < 4.78 is 40.1. The number of carbonyl (C=O) groups is 1. The van der Waals surface area contributed by atoms with Gasteiger partial charge >= 0.3 is 12.1 Å². The van der Waals surface area contributed by atoms with Crippen molar-refractivity contribution in [2.24, 2.45) is 0 Å². The third-order valence-electron chi connectivity index (χ3n) is 1.74. The summed E-state index contributed by atoms with van der Waals surface area (Å²) >= 11 is 0. The summed E-state index contributed by atoms with van der Waals surface area (Å²) in [6.07, 6.45) is -4.51. The molecule has 2 nitrogen and oxygen atoms in total. The van der Waals surface area contributed by atoms with Gasteiger partial charge in [-0.25, -0.2) is 4.79 Å². The highest BCUT2D eigenvalue weighted by Crippen LogP contribution is 2.13. The van der Waals surface area contributed by atoms with Gasteiger partial charge in [0.05, 0.1) is 12.2 Å². The molecule has 0 spiro atoms. The van der Waals surface area contributed by atoms with Crippen LogP contribution in [0.1, 0.15) is 22.8 Å². The van der Waals surface area contributed by atoms with Crippen LogP contribution in [0, 0.1) is 11.8 Å². The first-order valence-corrected chi connectivity index (χ1v) is 4.79. The number of carbonyl (C=O) groups excluding carboxylic acids is 1. The van der Waals surface area contributed by atoms with Gasteiger partial charge in [-0.2, -0.15) is 13.2 Å². The highest BCUT2D eigenvalue weighted by Gasteiger charge is 2.22. The highest BCUT2D eigenvalue weighted by molar-refractivity contribution is 5.89. The van der Waals surface area contributed by atoms with E-state index >= 15 is 0 Å². The molecule has 0 unspecified atom stereocenters. The maximum atomic E-state index is 11.8. The molecule has 0 atom stereocenters. The van der Waals surface area contributed by atoms with Crippen molar-refractivity contribution < 1.29 is 22.7 Å². The molecular formula is C12H9F3O2. The van der Waals surface area contributed by atoms with Gasteiger partial charge in [0.25, 0.3) is 0 Å². The summed E-state index contributed by atoms with van der Waals surface area (Å²) in [5, 5.41) is 0. The minimum atomic E-state index is -4.51. The molecule has 0 N–H and O–H groups in total. The summed E-state index contributed by atoms with van der Waals surface area (Å²) in [4.78, 5) is 11.2. The van der Waals surface area contributed by atoms with Gasteiger partial charge in [-0.15, -0.1) is 0 Å². The van der Waals surface area contributed by atoms with E-state index in [4.69, 9.17) is 4.74 Å². The first kappa shape index (κ1) is 13.1. The van der Waals surface area contributed by atoms with Crippen LogP contribution in [0.3, 0.4) is 0 Å². The van der Waals surface area contributed by atoms with Crippen molar-refractivity contribution in [3.05, 3.63) is 35.4 Å². The number of alkyl halides is 3. The monoisotopic (exact) mass is 242 g/mol. The Balaban J connectivity index is 2.81. The first-order valence-electron chi connectivity index (χ1n) is 4.79. The molecule has 90 valence electrons. The summed E-state index contributed by atoms with van der Waals surface area (Å²) in [5.41, 5.74) is 0.472. The van der Waals surface area contributed by atoms with Gasteiger partial charge in [-0.05, 0) is 31.2 Å². The molecular weight excluding hydrogens is 233 g/mol. The van der Waals surface area contributed by atoms with Crippen LogP contribution in [-0.2, 0) is 4.74 Å². The van der Waals surface area contributed by atoms with Gasteiger partial charge in [-0.1, -0.05) is 5.92 Å². The van der Waals surface area contributed by atoms with Crippen LogP contribution in [0.15, 0.2) is 24.3 Å². The molecule has 1 aromatic carbocycles. The van der Waals surface area contributed by atoms with Crippen molar-refractivity contribution in [3.8, 4) is 11.8 Å². The molecule has 0 bridgehead atoms. The van der Waals surface area contributed by atoms with Crippen LogP contribution >= 0.6 is 0 Å². The number of hydrogen-bond donors (Lipinski definition) is 0. The van der Waals surface area contributed by atoms with E-state index < -0.39 is 12.1 Å². The van der Waals surface area contributed by atoms with Gasteiger partial charge in [0.2, 0.25) is 0 Å². The first-order chi connectivity index (χ1) is 7.92. The Bertz CT molecular complexity index is 449. The van der Waals surface area contributed by atoms with Crippen molar-refractivity contribution in [1.29, 1.82) is 0 Å². The molecule has 1 aromatic rings. The third-order valence-corrected chi connectivity index (χ3v) is 1.74. The largest absolute Gasteiger partial charge is 0.462 e. The van der Waals surface area contributed by atoms with Crippen LogP contribution in [-0.4, -0.2) is 18.8 Å². The van der Waals surface area contributed by atoms with E-state index in [1.165, 1.54) is 24.3 Å². The van der Waals surface area contributed by atoms with Gasteiger partial charge in [0.1, 0.15) is 0 Å². The smallest absolute Gasteiger partial charge is 0.458 e. The molecule has 0 radical (unpaired) electrons. The molecule has 0 heterocycles. The van der Waals surface area contributed by atoms with Gasteiger partial charge in [0.15, 0.2) is 0 Å². The van der Waals surface area contributed by atoms with Crippen molar-refractivity contribution in [2.45, 2.75) is 13.1 Å². The molecule has 0 saturated heterocycles. The number of rotatable bonds is 2. The molecule has 0 aliphatic rings. The highest BCUT2D eigenvalue weighted by atomic mass is 19.4. The standard InChI is InChI=1S/C12H9F3O2/c1-2-17-11(16)10-5-3-9(4-6-10)7-8-12(13,14)15/h3-6H,2H2,1H3. The van der Waals surface area contributed by atoms with E-state index in [0.717, 1.165) is 5.92 Å². The second kappa shape index (κ2) is 5.39. The average Bonchev–Trinajstić information content (AvgIpc) is 2.26. The van der Waals surface area contributed by atoms with E-state index in [1.807, 2.05) is 5.92 Å². The zero-order valence-electron chi connectivity index (χ0n) is 8.97. The van der Waals surface area contributed by atoms with E-state index in [1.54, 1.807) is 6.92 Å². The molecule has 17 heavy (non-hydrogen) atoms. The molecule has 0 aromatic heterocycles. The Hall–Kier alpha value is -1.96. The van der Waals surface area contributed by atoms with Crippen LogP contribution in [0.5, 0.6) is 0 Å². The molecule has 0 aliphatic heterocycles. The molecule has 5 heteroatoms. The zero-order chi connectivity index (χ0) is 12.9. The summed E-state index contributed by atoms with van der Waals surface area (Å²) in [7, 11) is 0. The Labute approximate surface area is 96.4 Å². The quantitative estimate of drug-likeness (QED) is 0.588. The lowest BCUT2D eigenvalue weighted by molar-refractivity contribution is -0.0696. The third kappa shape index (κ3) is 4.60. The maximum Gasteiger partial charge on any atom is 0.458 e. The molecule has 0 aliphatic carbocycles. The van der Waals surface area contributed by atoms with Gasteiger partial charge in [0, 0.05) is 11.5 Å². The molecule has 1 rings (SSSR count). The summed E-state index contributed by atoms with van der Waals surface area (Å²) in [6, 6.07) is 5.42. The molecule has 0 amide bonds. The topological polar surface area (TPSA) is 26.3 Å². The van der Waals surface area contributed by atoms with Gasteiger partial charge in [-0.3, -0.25) is 0 Å². The Morgan fingerprint density at radius 1 is 1.29 bits per heavy atom. The van der Waals surface area contributed by atoms with Crippen molar-refractivity contribution in [2.75, 3.05) is 6.61 Å². The number of halogens is 3. The average molecular weight is 242 g/mol. The van der Waals surface area contributed by atoms with Crippen molar-refractivity contribution in [1.82, 2.24) is 0 Å². The second-order valence-corrected chi connectivity index (χ2v) is 3.05. The van der Waals surface area contributed by atoms with E-state index in [-0.39, 0.29) is 17.7 Å². The minimum Gasteiger partial charge on any atom is -0.462 e. The summed E-state index contributed by atoms with van der Waals surface area (Å²) in [5.74, 6) is 2.59. The fourth-order valence-electron chi connectivity index (χ4n) is 1.05. The SMILES string of the molecule is CCOC(=O)c1ccc(C#CC(F)(F)F)cc1. The number of ether oxygens (including phenoxy) is 1. The Morgan fingerprint density at radius 3 is 2.35 bits per heavy atom. The van der Waals surface area contributed by atoms with Crippen LogP contribution < -0.4 is 0 Å².